The number of nitrogens with zero attached hydrogens (tertiary/aromatic N) is 3. The number of imide groups is 2. The van der Waals surface area contributed by atoms with Crippen molar-refractivity contribution in [3.63, 3.8) is 0 Å². The molecule has 4 amide bonds. The maximum atomic E-state index is 13.8. The summed E-state index contributed by atoms with van der Waals surface area (Å²) in [6, 6.07) is 17.0. The fourth-order valence-electron chi connectivity index (χ4n) is 4.98. The molecule has 0 unspecified atom stereocenters. The van der Waals surface area contributed by atoms with Crippen LogP contribution in [0.15, 0.2) is 54.6 Å². The van der Waals surface area contributed by atoms with E-state index in [2.05, 4.69) is 0 Å². The average molecular weight is 415 g/mol. The van der Waals surface area contributed by atoms with Crippen LogP contribution in [0.3, 0.4) is 0 Å². The summed E-state index contributed by atoms with van der Waals surface area (Å²) < 4.78 is 0. The maximum Gasteiger partial charge on any atom is 0.332 e. The topological polar surface area (TPSA) is 98.6 Å². The smallest absolute Gasteiger partial charge is 0.300 e. The van der Waals surface area contributed by atoms with Crippen LogP contribution in [-0.4, -0.2) is 47.5 Å². The summed E-state index contributed by atoms with van der Waals surface area (Å²) >= 11 is 0. The molecule has 0 radical (unpaired) electrons. The van der Waals surface area contributed by atoms with E-state index < -0.39 is 35.1 Å². The molecule has 0 N–H and O–H groups in total. The molecule has 0 aromatic heterocycles. The lowest BCUT2D eigenvalue weighted by atomic mass is 9.54. The largest absolute Gasteiger partial charge is 0.332 e. The van der Waals surface area contributed by atoms with Crippen molar-refractivity contribution >= 4 is 23.6 Å². The Labute approximate surface area is 179 Å². The van der Waals surface area contributed by atoms with Crippen LogP contribution in [0.2, 0.25) is 0 Å². The zero-order valence-electron chi connectivity index (χ0n) is 17.2. The lowest BCUT2D eigenvalue weighted by Gasteiger charge is -2.51. The molecule has 2 fully saturated rings. The minimum absolute atomic E-state index is 0.00256. The van der Waals surface area contributed by atoms with Crippen molar-refractivity contribution in [2.45, 2.75) is 24.7 Å². The van der Waals surface area contributed by atoms with Crippen LogP contribution in [0.5, 0.6) is 0 Å². The fourth-order valence-corrected chi connectivity index (χ4v) is 4.98. The molecule has 31 heavy (non-hydrogen) atoms. The number of hydrogen-bond donors (Lipinski definition) is 0. The molecule has 0 bridgehead atoms. The first-order valence-electron chi connectivity index (χ1n) is 9.99. The van der Waals surface area contributed by atoms with Gasteiger partial charge in [-0.25, -0.2) is 4.79 Å². The predicted molar refractivity (Wildman–Crippen MR) is 111 cm³/mol. The van der Waals surface area contributed by atoms with Crippen LogP contribution in [0.4, 0.5) is 4.79 Å². The van der Waals surface area contributed by atoms with Crippen molar-refractivity contribution in [1.29, 1.82) is 5.26 Å². The number of carbonyl (C=O) groups is 4. The predicted octanol–water partition coefficient (Wildman–Crippen LogP) is 2.83. The second kappa shape index (κ2) is 7.47. The van der Waals surface area contributed by atoms with Crippen molar-refractivity contribution < 1.29 is 19.2 Å². The molecule has 156 valence electrons. The Morgan fingerprint density at radius 2 is 1.29 bits per heavy atom. The third kappa shape index (κ3) is 2.95. The lowest BCUT2D eigenvalue weighted by molar-refractivity contribution is -0.163. The number of barbiturate groups is 1. The van der Waals surface area contributed by atoms with E-state index in [1.807, 2.05) is 12.1 Å². The SMILES string of the molecule is CN1C(=O)N(C)C(=O)C2(C1=O)[C@@H](c1ccccc1)CC(=O)C[C@H]2c1ccc(C#N)cc1. The molecule has 1 saturated heterocycles. The molecule has 1 spiro atoms. The summed E-state index contributed by atoms with van der Waals surface area (Å²) in [7, 11) is 2.73. The van der Waals surface area contributed by atoms with Gasteiger partial charge in [0.25, 0.3) is 0 Å². The number of urea groups is 1. The van der Waals surface area contributed by atoms with E-state index in [1.54, 1.807) is 48.5 Å². The highest BCUT2D eigenvalue weighted by Crippen LogP contribution is 2.57. The number of rotatable bonds is 2. The van der Waals surface area contributed by atoms with Gasteiger partial charge in [-0.05, 0) is 23.3 Å². The monoisotopic (exact) mass is 415 g/mol. The van der Waals surface area contributed by atoms with E-state index in [0.717, 1.165) is 9.80 Å². The van der Waals surface area contributed by atoms with Crippen molar-refractivity contribution in [1.82, 2.24) is 9.80 Å². The Morgan fingerprint density at radius 3 is 1.77 bits per heavy atom. The molecule has 1 aliphatic carbocycles. The number of hydrogen-bond acceptors (Lipinski definition) is 5. The Balaban J connectivity index is 1.99. The van der Waals surface area contributed by atoms with Gasteiger partial charge in [0.2, 0.25) is 11.8 Å². The number of carbonyl (C=O) groups excluding carboxylic acids is 4. The van der Waals surface area contributed by atoms with Crippen LogP contribution < -0.4 is 0 Å². The van der Waals surface area contributed by atoms with Crippen molar-refractivity contribution in [2.24, 2.45) is 5.41 Å². The van der Waals surface area contributed by atoms with Crippen LogP contribution >= 0.6 is 0 Å². The summed E-state index contributed by atoms with van der Waals surface area (Å²) in [5, 5.41) is 9.13. The summed E-state index contributed by atoms with van der Waals surface area (Å²) in [4.78, 5) is 54.8. The third-order valence-corrected chi connectivity index (χ3v) is 6.50. The van der Waals surface area contributed by atoms with Crippen molar-refractivity contribution in [2.75, 3.05) is 14.1 Å². The number of Topliss-reactive ketones (excluding diaryl/α,β-unsaturated/α-hetero) is 1. The lowest BCUT2D eigenvalue weighted by Crippen LogP contribution is -2.68. The molecule has 7 nitrogen and oxygen atoms in total. The van der Waals surface area contributed by atoms with Crippen LogP contribution in [0.1, 0.15) is 41.4 Å². The molecule has 1 heterocycles. The molecule has 1 aliphatic heterocycles. The van der Waals surface area contributed by atoms with E-state index in [0.29, 0.717) is 16.7 Å². The van der Waals surface area contributed by atoms with E-state index in [4.69, 9.17) is 5.26 Å². The van der Waals surface area contributed by atoms with Gasteiger partial charge < -0.3 is 0 Å². The highest BCUT2D eigenvalue weighted by atomic mass is 16.2. The van der Waals surface area contributed by atoms with Crippen LogP contribution in [0.25, 0.3) is 0 Å². The average Bonchev–Trinajstić information content (AvgIpc) is 2.81. The summed E-state index contributed by atoms with van der Waals surface area (Å²) in [6.07, 6.45) is 0.0345. The Bertz CT molecular complexity index is 1090. The second-order valence-corrected chi connectivity index (χ2v) is 8.08. The number of amides is 4. The zero-order valence-corrected chi connectivity index (χ0v) is 17.2. The first-order chi connectivity index (χ1) is 14.8. The molecule has 2 aromatic rings. The summed E-state index contributed by atoms with van der Waals surface area (Å²) in [5.74, 6) is -2.73. The standard InChI is InChI=1S/C24H21N3O4/c1-26-21(29)24(22(30)27(2)23(26)31)19(16-6-4-3-5-7-16)12-18(28)13-20(24)17-10-8-15(14-25)9-11-17/h3-11,19-20H,12-13H2,1-2H3/t19-,20+/m1/s1. The van der Waals surface area contributed by atoms with Crippen LogP contribution in [0, 0.1) is 16.7 Å². The number of nitriles is 1. The summed E-state index contributed by atoms with van der Waals surface area (Å²) in [6.45, 7) is 0. The molecular weight excluding hydrogens is 394 g/mol. The fraction of sp³-hybridized carbons (Fsp3) is 0.292. The highest BCUT2D eigenvalue weighted by molar-refractivity contribution is 6.21. The molecule has 1 saturated carbocycles. The summed E-state index contributed by atoms with van der Waals surface area (Å²) in [5.41, 5.74) is 0.115. The Kier molecular flexibility index (Phi) is 4.94. The number of ketones is 1. The molecular formula is C24H21N3O4. The molecule has 7 heteroatoms. The van der Waals surface area contributed by atoms with Gasteiger partial charge in [-0.15, -0.1) is 0 Å². The van der Waals surface area contributed by atoms with Gasteiger partial charge in [0.05, 0.1) is 11.6 Å². The number of benzene rings is 2. The van der Waals surface area contributed by atoms with E-state index in [-0.39, 0.29) is 18.6 Å². The van der Waals surface area contributed by atoms with Gasteiger partial charge in [0.15, 0.2) is 0 Å². The van der Waals surface area contributed by atoms with E-state index in [9.17, 15) is 19.2 Å². The van der Waals surface area contributed by atoms with Crippen molar-refractivity contribution in [3.8, 4) is 6.07 Å². The first kappa shape index (κ1) is 20.5. The molecule has 2 aromatic carbocycles. The molecule has 4 rings (SSSR count). The minimum Gasteiger partial charge on any atom is -0.300 e. The van der Waals surface area contributed by atoms with Gasteiger partial charge in [-0.1, -0.05) is 42.5 Å². The molecule has 2 atom stereocenters. The highest BCUT2D eigenvalue weighted by Gasteiger charge is 2.66. The van der Waals surface area contributed by atoms with E-state index in [1.165, 1.54) is 14.1 Å². The Hall–Kier alpha value is -3.79. The van der Waals surface area contributed by atoms with Gasteiger partial charge >= 0.3 is 6.03 Å². The third-order valence-electron chi connectivity index (χ3n) is 6.50. The van der Waals surface area contributed by atoms with Crippen LogP contribution in [-0.2, 0) is 14.4 Å². The van der Waals surface area contributed by atoms with E-state index >= 15 is 0 Å². The van der Waals surface area contributed by atoms with Crippen molar-refractivity contribution in [3.05, 3.63) is 71.3 Å². The van der Waals surface area contributed by atoms with Gasteiger partial charge in [0.1, 0.15) is 11.2 Å². The second-order valence-electron chi connectivity index (χ2n) is 8.08. The quantitative estimate of drug-likeness (QED) is 0.703. The normalized spacial score (nSPS) is 23.3. The van der Waals surface area contributed by atoms with Gasteiger partial charge in [-0.3, -0.25) is 24.2 Å². The first-order valence-corrected chi connectivity index (χ1v) is 9.99. The maximum absolute atomic E-state index is 13.8. The minimum atomic E-state index is -1.64. The zero-order chi connectivity index (χ0) is 22.3. The van der Waals surface area contributed by atoms with Gasteiger partial charge in [-0.2, -0.15) is 5.26 Å². The van der Waals surface area contributed by atoms with Gasteiger partial charge in [0, 0.05) is 38.8 Å². The Morgan fingerprint density at radius 1 is 0.806 bits per heavy atom. The molecule has 2 aliphatic rings.